The van der Waals surface area contributed by atoms with Gasteiger partial charge in [-0.15, -0.1) is 10.2 Å². The average Bonchev–Trinajstić information content (AvgIpc) is 3.13. The predicted octanol–water partition coefficient (Wildman–Crippen LogP) is 3.47. The number of aromatic nitrogens is 3. The topological polar surface area (TPSA) is 63.1 Å². The number of benzene rings is 2. The van der Waals surface area contributed by atoms with Crippen molar-refractivity contribution in [3.8, 4) is 11.1 Å². The minimum absolute atomic E-state index is 0.0335. The number of amides is 1. The van der Waals surface area contributed by atoms with Gasteiger partial charge in [-0.1, -0.05) is 24.3 Å². The predicted molar refractivity (Wildman–Crippen MR) is 109 cm³/mol. The fraction of sp³-hybridized carbons (Fsp3) is 0.318. The summed E-state index contributed by atoms with van der Waals surface area (Å²) in [6.07, 6.45) is 3.55. The quantitative estimate of drug-likeness (QED) is 0.721. The Bertz CT molecular complexity index is 985. The normalized spacial score (nSPS) is 17.2. The summed E-state index contributed by atoms with van der Waals surface area (Å²) in [6.45, 7) is 2.36. The van der Waals surface area contributed by atoms with Crippen molar-refractivity contribution in [2.24, 2.45) is 13.0 Å². The highest BCUT2D eigenvalue weighted by Crippen LogP contribution is 2.24. The van der Waals surface area contributed by atoms with Gasteiger partial charge in [0.15, 0.2) is 0 Å². The first-order valence-electron chi connectivity index (χ1n) is 9.80. The first-order valence-corrected chi connectivity index (χ1v) is 9.80. The minimum atomic E-state index is -0.261. The van der Waals surface area contributed by atoms with Crippen molar-refractivity contribution < 1.29 is 9.18 Å². The molecule has 1 atom stereocenters. The van der Waals surface area contributed by atoms with Gasteiger partial charge in [0.25, 0.3) is 0 Å². The lowest BCUT2D eigenvalue weighted by Gasteiger charge is -2.31. The first kappa shape index (κ1) is 19.3. The molecule has 2 heterocycles. The summed E-state index contributed by atoms with van der Waals surface area (Å²) in [6, 6.07) is 14.0. The largest absolute Gasteiger partial charge is 0.326 e. The van der Waals surface area contributed by atoms with E-state index in [9.17, 15) is 9.18 Å². The molecule has 0 unspecified atom stereocenters. The van der Waals surface area contributed by atoms with E-state index in [0.29, 0.717) is 13.1 Å². The summed E-state index contributed by atoms with van der Waals surface area (Å²) >= 11 is 0. The fourth-order valence-electron chi connectivity index (χ4n) is 3.72. The molecule has 6 nitrogen and oxygen atoms in total. The van der Waals surface area contributed by atoms with Crippen molar-refractivity contribution in [3.63, 3.8) is 0 Å². The number of piperidine rings is 1. The standard InChI is InChI=1S/C22H24FN5O/c1-27-15-24-26-21(27)14-28-11-3-5-18(13-28)22(29)25-20-9-7-16(8-10-20)17-4-2-6-19(23)12-17/h2,4,6-10,12,15,18H,3,5,11,13-14H2,1H3,(H,25,29)/t18-/m0/s1. The number of aryl methyl sites for hydroxylation is 1. The van der Waals surface area contributed by atoms with Gasteiger partial charge in [0.05, 0.1) is 12.5 Å². The van der Waals surface area contributed by atoms with Gasteiger partial charge in [-0.25, -0.2) is 4.39 Å². The van der Waals surface area contributed by atoms with Gasteiger partial charge < -0.3 is 9.88 Å². The van der Waals surface area contributed by atoms with Crippen LogP contribution in [0.1, 0.15) is 18.7 Å². The van der Waals surface area contributed by atoms with Gasteiger partial charge in [0.2, 0.25) is 5.91 Å². The van der Waals surface area contributed by atoms with Gasteiger partial charge in [0, 0.05) is 19.3 Å². The Kier molecular flexibility index (Phi) is 5.67. The molecule has 29 heavy (non-hydrogen) atoms. The van der Waals surface area contributed by atoms with Crippen LogP contribution in [0.2, 0.25) is 0 Å². The lowest BCUT2D eigenvalue weighted by molar-refractivity contribution is -0.121. The molecule has 2 aromatic carbocycles. The van der Waals surface area contributed by atoms with Crippen LogP contribution in [0, 0.1) is 11.7 Å². The fourth-order valence-corrected chi connectivity index (χ4v) is 3.72. The van der Waals surface area contributed by atoms with E-state index >= 15 is 0 Å². The SMILES string of the molecule is Cn1cnnc1CN1CCC[C@H](C(=O)Nc2ccc(-c3cccc(F)c3)cc2)C1. The molecule has 3 aromatic rings. The highest BCUT2D eigenvalue weighted by atomic mass is 19.1. The number of hydrogen-bond acceptors (Lipinski definition) is 4. The van der Waals surface area contributed by atoms with Crippen LogP contribution in [0.4, 0.5) is 10.1 Å². The molecule has 1 N–H and O–H groups in total. The zero-order valence-electron chi connectivity index (χ0n) is 16.4. The van der Waals surface area contributed by atoms with E-state index < -0.39 is 0 Å². The number of carbonyl (C=O) groups excluding carboxylic acids is 1. The van der Waals surface area contributed by atoms with E-state index in [1.54, 1.807) is 12.4 Å². The first-order chi connectivity index (χ1) is 14.1. The molecule has 0 saturated carbocycles. The number of halogens is 1. The van der Waals surface area contributed by atoms with Crippen LogP contribution in [0.25, 0.3) is 11.1 Å². The van der Waals surface area contributed by atoms with Crippen molar-refractivity contribution in [3.05, 3.63) is 66.5 Å². The van der Waals surface area contributed by atoms with Crippen LogP contribution in [0.5, 0.6) is 0 Å². The Morgan fingerprint density at radius 3 is 2.76 bits per heavy atom. The summed E-state index contributed by atoms with van der Waals surface area (Å²) < 4.78 is 15.3. The molecular formula is C22H24FN5O. The average molecular weight is 393 g/mol. The summed E-state index contributed by atoms with van der Waals surface area (Å²) in [7, 11) is 1.93. The van der Waals surface area contributed by atoms with E-state index in [4.69, 9.17) is 0 Å². The number of nitrogens with zero attached hydrogens (tertiary/aromatic N) is 4. The summed E-state index contributed by atoms with van der Waals surface area (Å²) in [5.41, 5.74) is 2.48. The molecule has 1 aliphatic rings. The molecule has 1 aromatic heterocycles. The summed E-state index contributed by atoms with van der Waals surface area (Å²) in [5.74, 6) is 0.619. The monoisotopic (exact) mass is 393 g/mol. The van der Waals surface area contributed by atoms with Gasteiger partial charge in [0.1, 0.15) is 18.0 Å². The number of rotatable bonds is 5. The molecule has 4 rings (SSSR count). The summed E-state index contributed by atoms with van der Waals surface area (Å²) in [4.78, 5) is 15.0. The van der Waals surface area contributed by atoms with E-state index in [0.717, 1.165) is 42.0 Å². The molecule has 1 fully saturated rings. The molecule has 1 amide bonds. The second kappa shape index (κ2) is 8.53. The van der Waals surface area contributed by atoms with Crippen LogP contribution in [0.3, 0.4) is 0 Å². The molecule has 1 aliphatic heterocycles. The van der Waals surface area contributed by atoms with Gasteiger partial charge in [-0.05, 0) is 54.8 Å². The van der Waals surface area contributed by atoms with E-state index in [1.807, 2.05) is 41.9 Å². The summed E-state index contributed by atoms with van der Waals surface area (Å²) in [5, 5.41) is 11.1. The second-order valence-electron chi connectivity index (χ2n) is 7.51. The third-order valence-corrected chi connectivity index (χ3v) is 5.36. The number of anilines is 1. The highest BCUT2D eigenvalue weighted by molar-refractivity contribution is 5.93. The smallest absolute Gasteiger partial charge is 0.228 e. The van der Waals surface area contributed by atoms with Gasteiger partial charge in [-0.2, -0.15) is 0 Å². The maximum absolute atomic E-state index is 13.4. The van der Waals surface area contributed by atoms with E-state index in [2.05, 4.69) is 20.4 Å². The molecule has 7 heteroatoms. The third kappa shape index (κ3) is 4.68. The Hall–Kier alpha value is -3.06. The van der Waals surface area contributed by atoms with Gasteiger partial charge in [-0.3, -0.25) is 9.69 Å². The Morgan fingerprint density at radius 1 is 1.21 bits per heavy atom. The van der Waals surface area contributed by atoms with Crippen LogP contribution in [0.15, 0.2) is 54.9 Å². The van der Waals surface area contributed by atoms with E-state index in [1.165, 1.54) is 12.1 Å². The minimum Gasteiger partial charge on any atom is -0.326 e. The van der Waals surface area contributed by atoms with Crippen LogP contribution >= 0.6 is 0 Å². The zero-order chi connectivity index (χ0) is 20.2. The van der Waals surface area contributed by atoms with Crippen molar-refractivity contribution >= 4 is 11.6 Å². The lowest BCUT2D eigenvalue weighted by Crippen LogP contribution is -2.40. The molecule has 0 spiro atoms. The van der Waals surface area contributed by atoms with Gasteiger partial charge >= 0.3 is 0 Å². The van der Waals surface area contributed by atoms with Crippen molar-refractivity contribution in [2.45, 2.75) is 19.4 Å². The molecular weight excluding hydrogens is 369 g/mol. The van der Waals surface area contributed by atoms with Crippen LogP contribution < -0.4 is 5.32 Å². The molecule has 150 valence electrons. The van der Waals surface area contributed by atoms with Crippen LogP contribution in [-0.2, 0) is 18.4 Å². The Labute approximate surface area is 169 Å². The number of hydrogen-bond donors (Lipinski definition) is 1. The zero-order valence-corrected chi connectivity index (χ0v) is 16.4. The number of nitrogens with one attached hydrogen (secondary N) is 1. The molecule has 1 saturated heterocycles. The van der Waals surface area contributed by atoms with Crippen LogP contribution in [-0.4, -0.2) is 38.7 Å². The molecule has 0 radical (unpaired) electrons. The number of likely N-dealkylation sites (tertiary alicyclic amines) is 1. The molecule has 0 bridgehead atoms. The Balaban J connectivity index is 1.36. The third-order valence-electron chi connectivity index (χ3n) is 5.36. The van der Waals surface area contributed by atoms with Crippen molar-refractivity contribution in [1.29, 1.82) is 0 Å². The highest BCUT2D eigenvalue weighted by Gasteiger charge is 2.26. The van der Waals surface area contributed by atoms with Crippen molar-refractivity contribution in [2.75, 3.05) is 18.4 Å². The number of carbonyl (C=O) groups is 1. The van der Waals surface area contributed by atoms with E-state index in [-0.39, 0.29) is 17.6 Å². The second-order valence-corrected chi connectivity index (χ2v) is 7.51. The Morgan fingerprint density at radius 2 is 2.03 bits per heavy atom. The maximum atomic E-state index is 13.4. The van der Waals surface area contributed by atoms with Crippen molar-refractivity contribution in [1.82, 2.24) is 19.7 Å². The molecule has 0 aliphatic carbocycles. The maximum Gasteiger partial charge on any atom is 0.228 e. The lowest BCUT2D eigenvalue weighted by atomic mass is 9.97.